The van der Waals surface area contributed by atoms with Crippen LogP contribution in [-0.4, -0.2) is 30.4 Å². The topological polar surface area (TPSA) is 32.3 Å². The Morgan fingerprint density at radius 1 is 1.32 bits per heavy atom. The highest BCUT2D eigenvalue weighted by Gasteiger charge is 2.21. The summed E-state index contributed by atoms with van der Waals surface area (Å²) < 4.78 is 0. The summed E-state index contributed by atoms with van der Waals surface area (Å²) in [6.45, 7) is 6.95. The van der Waals surface area contributed by atoms with Gasteiger partial charge in [-0.25, -0.2) is 0 Å². The van der Waals surface area contributed by atoms with Crippen LogP contribution in [0.25, 0.3) is 0 Å². The molecule has 1 aliphatic rings. The molecule has 0 bridgehead atoms. The molecule has 2 rings (SSSR count). The SMILES string of the molecule is CCNc1ccccc1C(=O)N1CCCC(C)CC1. The number of carbonyl (C=O) groups excluding carboxylic acids is 1. The monoisotopic (exact) mass is 260 g/mol. The Hall–Kier alpha value is -1.51. The lowest BCUT2D eigenvalue weighted by atomic mass is 10.0. The molecule has 1 amide bonds. The normalized spacial score (nSPS) is 19.9. The Balaban J connectivity index is 2.14. The van der Waals surface area contributed by atoms with Crippen molar-refractivity contribution in [2.75, 3.05) is 25.0 Å². The van der Waals surface area contributed by atoms with E-state index in [1.165, 1.54) is 6.42 Å². The molecule has 1 saturated heterocycles. The molecule has 1 fully saturated rings. The molecule has 1 N–H and O–H groups in total. The third-order valence-electron chi connectivity index (χ3n) is 3.83. The zero-order valence-corrected chi connectivity index (χ0v) is 12.0. The third-order valence-corrected chi connectivity index (χ3v) is 3.83. The smallest absolute Gasteiger partial charge is 0.255 e. The van der Waals surface area contributed by atoms with Gasteiger partial charge in [-0.15, -0.1) is 0 Å². The van der Waals surface area contributed by atoms with Crippen LogP contribution in [0.4, 0.5) is 5.69 Å². The van der Waals surface area contributed by atoms with E-state index in [0.29, 0.717) is 0 Å². The first-order valence-corrected chi connectivity index (χ1v) is 7.34. The van der Waals surface area contributed by atoms with Gasteiger partial charge >= 0.3 is 0 Å². The van der Waals surface area contributed by atoms with Gasteiger partial charge in [-0.3, -0.25) is 4.79 Å². The number of nitrogens with one attached hydrogen (secondary N) is 1. The molecule has 1 atom stereocenters. The van der Waals surface area contributed by atoms with Crippen LogP contribution in [0.5, 0.6) is 0 Å². The minimum Gasteiger partial charge on any atom is -0.385 e. The van der Waals surface area contributed by atoms with E-state index in [0.717, 1.165) is 49.6 Å². The first-order chi connectivity index (χ1) is 9.22. The largest absolute Gasteiger partial charge is 0.385 e. The standard InChI is InChI=1S/C16H24N2O/c1-3-17-15-9-5-4-8-14(15)16(19)18-11-6-7-13(2)10-12-18/h4-5,8-9,13,17H,3,6-7,10-12H2,1-2H3. The van der Waals surface area contributed by atoms with E-state index >= 15 is 0 Å². The summed E-state index contributed by atoms with van der Waals surface area (Å²) in [6.07, 6.45) is 3.48. The summed E-state index contributed by atoms with van der Waals surface area (Å²) in [5.41, 5.74) is 1.76. The van der Waals surface area contributed by atoms with E-state index in [4.69, 9.17) is 0 Å². The van der Waals surface area contributed by atoms with Crippen molar-refractivity contribution in [2.24, 2.45) is 5.92 Å². The Morgan fingerprint density at radius 2 is 2.11 bits per heavy atom. The predicted molar refractivity (Wildman–Crippen MR) is 79.5 cm³/mol. The number of para-hydroxylation sites is 1. The second-order valence-corrected chi connectivity index (χ2v) is 5.40. The number of likely N-dealkylation sites (tertiary alicyclic amines) is 1. The van der Waals surface area contributed by atoms with Crippen molar-refractivity contribution in [3.8, 4) is 0 Å². The number of anilines is 1. The highest BCUT2D eigenvalue weighted by Crippen LogP contribution is 2.21. The average molecular weight is 260 g/mol. The number of rotatable bonds is 3. The molecule has 104 valence electrons. The number of hydrogen-bond acceptors (Lipinski definition) is 2. The lowest BCUT2D eigenvalue weighted by molar-refractivity contribution is 0.0761. The summed E-state index contributed by atoms with van der Waals surface area (Å²) in [5, 5.41) is 3.27. The van der Waals surface area contributed by atoms with Gasteiger partial charge in [0.05, 0.1) is 5.56 Å². The van der Waals surface area contributed by atoms with Gasteiger partial charge in [0.2, 0.25) is 0 Å². The fourth-order valence-electron chi connectivity index (χ4n) is 2.65. The number of amides is 1. The van der Waals surface area contributed by atoms with Crippen molar-refractivity contribution in [2.45, 2.75) is 33.1 Å². The van der Waals surface area contributed by atoms with Crippen LogP contribution in [0, 0.1) is 5.92 Å². The van der Waals surface area contributed by atoms with Gasteiger partial charge in [0.1, 0.15) is 0 Å². The summed E-state index contributed by atoms with van der Waals surface area (Å²) in [5.74, 6) is 0.910. The van der Waals surface area contributed by atoms with Gasteiger partial charge in [-0.05, 0) is 44.2 Å². The Morgan fingerprint density at radius 3 is 2.89 bits per heavy atom. The third kappa shape index (κ3) is 3.49. The molecule has 1 unspecified atom stereocenters. The highest BCUT2D eigenvalue weighted by atomic mass is 16.2. The van der Waals surface area contributed by atoms with Gasteiger partial charge in [0.25, 0.3) is 5.91 Å². The molecule has 0 aromatic heterocycles. The van der Waals surface area contributed by atoms with Gasteiger partial charge in [0, 0.05) is 25.3 Å². The number of benzene rings is 1. The maximum absolute atomic E-state index is 12.6. The van der Waals surface area contributed by atoms with E-state index in [2.05, 4.69) is 19.2 Å². The van der Waals surface area contributed by atoms with Crippen molar-refractivity contribution >= 4 is 11.6 Å². The van der Waals surface area contributed by atoms with Crippen molar-refractivity contribution < 1.29 is 4.79 Å². The Labute approximate surface area is 116 Å². The summed E-state index contributed by atoms with van der Waals surface area (Å²) >= 11 is 0. The second-order valence-electron chi connectivity index (χ2n) is 5.40. The van der Waals surface area contributed by atoms with Crippen LogP contribution >= 0.6 is 0 Å². The molecule has 19 heavy (non-hydrogen) atoms. The predicted octanol–water partition coefficient (Wildman–Crippen LogP) is 3.38. The lowest BCUT2D eigenvalue weighted by Gasteiger charge is -2.22. The van der Waals surface area contributed by atoms with Crippen LogP contribution in [0.2, 0.25) is 0 Å². The van der Waals surface area contributed by atoms with E-state index < -0.39 is 0 Å². The van der Waals surface area contributed by atoms with E-state index in [1.54, 1.807) is 0 Å². The molecule has 3 heteroatoms. The fraction of sp³-hybridized carbons (Fsp3) is 0.562. The number of hydrogen-bond donors (Lipinski definition) is 1. The van der Waals surface area contributed by atoms with E-state index in [1.807, 2.05) is 29.2 Å². The minimum atomic E-state index is 0.172. The van der Waals surface area contributed by atoms with Crippen molar-refractivity contribution in [3.05, 3.63) is 29.8 Å². The van der Waals surface area contributed by atoms with Crippen LogP contribution in [0.3, 0.4) is 0 Å². The van der Waals surface area contributed by atoms with Gasteiger partial charge < -0.3 is 10.2 Å². The van der Waals surface area contributed by atoms with E-state index in [9.17, 15) is 4.79 Å². The van der Waals surface area contributed by atoms with Gasteiger partial charge in [0.15, 0.2) is 0 Å². The molecular weight excluding hydrogens is 236 g/mol. The zero-order chi connectivity index (χ0) is 13.7. The van der Waals surface area contributed by atoms with Crippen molar-refractivity contribution in [1.29, 1.82) is 0 Å². The second kappa shape index (κ2) is 6.60. The van der Waals surface area contributed by atoms with Crippen LogP contribution < -0.4 is 5.32 Å². The molecule has 3 nitrogen and oxygen atoms in total. The minimum absolute atomic E-state index is 0.172. The zero-order valence-electron chi connectivity index (χ0n) is 12.0. The molecular formula is C16H24N2O. The van der Waals surface area contributed by atoms with Crippen LogP contribution in [0.15, 0.2) is 24.3 Å². The van der Waals surface area contributed by atoms with E-state index in [-0.39, 0.29) is 5.91 Å². The average Bonchev–Trinajstić information content (AvgIpc) is 2.64. The molecule has 0 aliphatic carbocycles. The molecule has 1 aromatic rings. The summed E-state index contributed by atoms with van der Waals surface area (Å²) in [6, 6.07) is 7.82. The quantitative estimate of drug-likeness (QED) is 0.903. The van der Waals surface area contributed by atoms with Crippen molar-refractivity contribution in [3.63, 3.8) is 0 Å². The van der Waals surface area contributed by atoms with Gasteiger partial charge in [-0.2, -0.15) is 0 Å². The lowest BCUT2D eigenvalue weighted by Crippen LogP contribution is -2.32. The molecule has 0 radical (unpaired) electrons. The number of carbonyl (C=O) groups is 1. The fourth-order valence-corrected chi connectivity index (χ4v) is 2.65. The van der Waals surface area contributed by atoms with Gasteiger partial charge in [-0.1, -0.05) is 19.1 Å². The molecule has 0 saturated carbocycles. The molecule has 0 spiro atoms. The maximum Gasteiger partial charge on any atom is 0.255 e. The highest BCUT2D eigenvalue weighted by molar-refractivity contribution is 5.99. The summed E-state index contributed by atoms with van der Waals surface area (Å²) in [4.78, 5) is 14.7. The first-order valence-electron chi connectivity index (χ1n) is 7.34. The number of nitrogens with zero attached hydrogens (tertiary/aromatic N) is 1. The molecule has 1 aliphatic heterocycles. The molecule has 1 aromatic carbocycles. The molecule has 1 heterocycles. The Kier molecular flexibility index (Phi) is 4.83. The maximum atomic E-state index is 12.6. The first kappa shape index (κ1) is 13.9. The van der Waals surface area contributed by atoms with Crippen LogP contribution in [-0.2, 0) is 0 Å². The van der Waals surface area contributed by atoms with Crippen molar-refractivity contribution in [1.82, 2.24) is 4.90 Å². The Bertz CT molecular complexity index is 431. The summed E-state index contributed by atoms with van der Waals surface area (Å²) in [7, 11) is 0. The van der Waals surface area contributed by atoms with Crippen LogP contribution in [0.1, 0.15) is 43.5 Å².